The Morgan fingerprint density at radius 3 is 2.73 bits per heavy atom. The molecule has 1 aromatic carbocycles. The summed E-state index contributed by atoms with van der Waals surface area (Å²) in [6, 6.07) is 7.37. The van der Waals surface area contributed by atoms with Gasteiger partial charge in [0.25, 0.3) is 5.91 Å². The summed E-state index contributed by atoms with van der Waals surface area (Å²) in [5, 5.41) is 6.47. The highest BCUT2D eigenvalue weighted by atomic mass is 19.4. The number of aromatic nitrogens is 3. The molecule has 1 unspecified atom stereocenters. The van der Waals surface area contributed by atoms with Gasteiger partial charge in [-0.25, -0.2) is 9.50 Å². The molecular weight excluding hydrogens is 401 g/mol. The van der Waals surface area contributed by atoms with Crippen molar-refractivity contribution < 1.29 is 27.4 Å². The van der Waals surface area contributed by atoms with E-state index in [0.717, 1.165) is 25.1 Å². The second-order valence-electron chi connectivity index (χ2n) is 6.89. The Labute approximate surface area is 169 Å². The van der Waals surface area contributed by atoms with E-state index in [1.54, 1.807) is 24.3 Å². The predicted octanol–water partition coefficient (Wildman–Crippen LogP) is 3.33. The van der Waals surface area contributed by atoms with Crippen LogP contribution < -0.4 is 10.1 Å². The van der Waals surface area contributed by atoms with Gasteiger partial charge in [-0.05, 0) is 43.2 Å². The standard InChI is InChI=1S/C20H19F3N4O3/c1-29-13-6-4-12(5-7-13)16-9-17(20(21,22)23)27-18(26-16)15(11-25-27)19(28)24-10-14-3-2-8-30-14/h4-7,9,11,14H,2-3,8,10H2,1H3,(H,24,28). The van der Waals surface area contributed by atoms with Crippen molar-refractivity contribution in [3.05, 3.63) is 47.8 Å². The number of fused-ring (bicyclic) bond motifs is 1. The van der Waals surface area contributed by atoms with Crippen LogP contribution in [0, 0.1) is 0 Å². The number of ether oxygens (including phenoxy) is 2. The van der Waals surface area contributed by atoms with Crippen LogP contribution in [-0.4, -0.2) is 46.9 Å². The lowest BCUT2D eigenvalue weighted by atomic mass is 10.1. The van der Waals surface area contributed by atoms with Gasteiger partial charge in [0.2, 0.25) is 0 Å². The molecule has 0 aliphatic carbocycles. The zero-order valence-corrected chi connectivity index (χ0v) is 16.1. The molecule has 1 N–H and O–H groups in total. The molecule has 1 atom stereocenters. The number of nitrogens with zero attached hydrogens (tertiary/aromatic N) is 3. The van der Waals surface area contributed by atoms with Crippen molar-refractivity contribution >= 4 is 11.6 Å². The number of alkyl halides is 3. The van der Waals surface area contributed by atoms with Gasteiger partial charge in [-0.1, -0.05) is 0 Å². The zero-order valence-electron chi connectivity index (χ0n) is 16.1. The van der Waals surface area contributed by atoms with E-state index in [4.69, 9.17) is 9.47 Å². The Hall–Kier alpha value is -3.14. The quantitative estimate of drug-likeness (QED) is 0.685. The fourth-order valence-corrected chi connectivity index (χ4v) is 3.34. The van der Waals surface area contributed by atoms with E-state index in [2.05, 4.69) is 15.4 Å². The number of carbonyl (C=O) groups excluding carboxylic acids is 1. The first-order valence-electron chi connectivity index (χ1n) is 9.37. The fourth-order valence-electron chi connectivity index (χ4n) is 3.34. The number of hydrogen-bond acceptors (Lipinski definition) is 5. The maximum Gasteiger partial charge on any atom is 0.433 e. The molecule has 0 spiro atoms. The second-order valence-corrected chi connectivity index (χ2v) is 6.89. The normalized spacial score (nSPS) is 16.7. The van der Waals surface area contributed by atoms with E-state index in [-0.39, 0.29) is 29.6 Å². The van der Waals surface area contributed by atoms with Crippen LogP contribution in [0.1, 0.15) is 28.9 Å². The van der Waals surface area contributed by atoms with Gasteiger partial charge in [-0.3, -0.25) is 4.79 Å². The van der Waals surface area contributed by atoms with E-state index in [1.807, 2.05) is 0 Å². The minimum atomic E-state index is -4.68. The number of benzene rings is 1. The Morgan fingerprint density at radius 1 is 1.33 bits per heavy atom. The van der Waals surface area contributed by atoms with Gasteiger partial charge in [0.1, 0.15) is 11.3 Å². The van der Waals surface area contributed by atoms with Crippen LogP contribution in [0.3, 0.4) is 0 Å². The van der Waals surface area contributed by atoms with Crippen molar-refractivity contribution in [3.63, 3.8) is 0 Å². The molecule has 2 aromatic heterocycles. The minimum absolute atomic E-state index is 0.0335. The summed E-state index contributed by atoms with van der Waals surface area (Å²) in [5.74, 6) is 0.0161. The van der Waals surface area contributed by atoms with Crippen molar-refractivity contribution in [2.45, 2.75) is 25.1 Å². The molecule has 0 saturated carbocycles. The first-order valence-corrected chi connectivity index (χ1v) is 9.37. The molecular formula is C20H19F3N4O3. The van der Waals surface area contributed by atoms with E-state index in [9.17, 15) is 18.0 Å². The van der Waals surface area contributed by atoms with Gasteiger partial charge < -0.3 is 14.8 Å². The fraction of sp³-hybridized carbons (Fsp3) is 0.350. The summed E-state index contributed by atoms with van der Waals surface area (Å²) in [5.41, 5.74) is -0.687. The van der Waals surface area contributed by atoms with Crippen molar-refractivity contribution in [1.82, 2.24) is 19.9 Å². The molecule has 1 amide bonds. The molecule has 0 radical (unpaired) electrons. The Bertz CT molecular complexity index is 1060. The summed E-state index contributed by atoms with van der Waals surface area (Å²) < 4.78 is 52.2. The van der Waals surface area contributed by atoms with Gasteiger partial charge in [0.15, 0.2) is 11.3 Å². The maximum atomic E-state index is 13.7. The lowest BCUT2D eigenvalue weighted by Gasteiger charge is -2.12. The molecule has 10 heteroatoms. The highest BCUT2D eigenvalue weighted by Crippen LogP contribution is 2.33. The van der Waals surface area contributed by atoms with Crippen molar-refractivity contribution in [1.29, 1.82) is 0 Å². The second kappa shape index (κ2) is 7.94. The molecule has 1 aliphatic heterocycles. The monoisotopic (exact) mass is 420 g/mol. The van der Waals surface area contributed by atoms with Gasteiger partial charge in [-0.15, -0.1) is 0 Å². The molecule has 7 nitrogen and oxygen atoms in total. The first kappa shape index (κ1) is 20.1. The first-order chi connectivity index (χ1) is 14.4. The van der Waals surface area contributed by atoms with Crippen LogP contribution in [0.4, 0.5) is 13.2 Å². The largest absolute Gasteiger partial charge is 0.497 e. The highest BCUT2D eigenvalue weighted by molar-refractivity contribution is 5.99. The lowest BCUT2D eigenvalue weighted by Crippen LogP contribution is -2.31. The van der Waals surface area contributed by atoms with E-state index < -0.39 is 17.8 Å². The number of methoxy groups -OCH3 is 1. The Morgan fingerprint density at radius 2 is 2.10 bits per heavy atom. The zero-order chi connectivity index (χ0) is 21.3. The number of carbonyl (C=O) groups is 1. The van der Waals surface area contributed by atoms with Crippen LogP contribution in [0.2, 0.25) is 0 Å². The Kier molecular flexibility index (Phi) is 5.33. The number of halogens is 3. The SMILES string of the molecule is COc1ccc(-c2cc(C(F)(F)F)n3ncc(C(=O)NCC4CCCO4)c3n2)cc1. The molecule has 3 aromatic rings. The number of amides is 1. The van der Waals surface area contributed by atoms with Crippen molar-refractivity contribution in [3.8, 4) is 17.0 Å². The average Bonchev–Trinajstić information content (AvgIpc) is 3.40. The van der Waals surface area contributed by atoms with Crippen LogP contribution in [-0.2, 0) is 10.9 Å². The summed E-state index contributed by atoms with van der Waals surface area (Å²) in [4.78, 5) is 16.9. The molecule has 1 aliphatic rings. The third kappa shape index (κ3) is 3.95. The summed E-state index contributed by atoms with van der Waals surface area (Å²) >= 11 is 0. The maximum absolute atomic E-state index is 13.7. The minimum Gasteiger partial charge on any atom is -0.497 e. The van der Waals surface area contributed by atoms with Crippen LogP contribution in [0.5, 0.6) is 5.75 Å². The third-order valence-corrected chi connectivity index (χ3v) is 4.91. The van der Waals surface area contributed by atoms with Gasteiger partial charge in [-0.2, -0.15) is 18.3 Å². The third-order valence-electron chi connectivity index (χ3n) is 4.91. The molecule has 1 fully saturated rings. The van der Waals surface area contributed by atoms with Crippen LogP contribution in [0.25, 0.3) is 16.9 Å². The number of nitrogens with one attached hydrogen (secondary N) is 1. The number of hydrogen-bond donors (Lipinski definition) is 1. The topological polar surface area (TPSA) is 77.8 Å². The smallest absolute Gasteiger partial charge is 0.433 e. The van der Waals surface area contributed by atoms with Crippen LogP contribution >= 0.6 is 0 Å². The molecule has 4 rings (SSSR count). The van der Waals surface area contributed by atoms with Gasteiger partial charge >= 0.3 is 6.18 Å². The molecule has 3 heterocycles. The van der Waals surface area contributed by atoms with Crippen LogP contribution in [0.15, 0.2) is 36.5 Å². The van der Waals surface area contributed by atoms with Gasteiger partial charge in [0.05, 0.1) is 25.1 Å². The van der Waals surface area contributed by atoms with E-state index >= 15 is 0 Å². The van der Waals surface area contributed by atoms with Gasteiger partial charge in [0, 0.05) is 18.7 Å². The Balaban J connectivity index is 1.74. The van der Waals surface area contributed by atoms with Crippen molar-refractivity contribution in [2.75, 3.05) is 20.3 Å². The summed E-state index contributed by atoms with van der Waals surface area (Å²) in [6.45, 7) is 0.916. The number of rotatable bonds is 5. The summed E-state index contributed by atoms with van der Waals surface area (Å²) in [7, 11) is 1.49. The average molecular weight is 420 g/mol. The van der Waals surface area contributed by atoms with Crippen molar-refractivity contribution in [2.24, 2.45) is 0 Å². The summed E-state index contributed by atoms with van der Waals surface area (Å²) in [6.07, 6.45) is -1.93. The molecule has 1 saturated heterocycles. The molecule has 30 heavy (non-hydrogen) atoms. The predicted molar refractivity (Wildman–Crippen MR) is 101 cm³/mol. The molecule has 0 bridgehead atoms. The van der Waals surface area contributed by atoms with E-state index in [0.29, 0.717) is 22.4 Å². The van der Waals surface area contributed by atoms with E-state index in [1.165, 1.54) is 7.11 Å². The molecule has 158 valence electrons. The highest BCUT2D eigenvalue weighted by Gasteiger charge is 2.36. The lowest BCUT2D eigenvalue weighted by molar-refractivity contribution is -0.142.